The molecule has 2 rings (SSSR count). The van der Waals surface area contributed by atoms with E-state index < -0.39 is 0 Å². The summed E-state index contributed by atoms with van der Waals surface area (Å²) in [6, 6.07) is 6.48. The molecule has 1 aromatic rings. The molecule has 0 unspecified atom stereocenters. The van der Waals surface area contributed by atoms with Gasteiger partial charge in [-0.15, -0.1) is 0 Å². The number of rotatable bonds is 2. The minimum Gasteiger partial charge on any atom is -0.379 e. The van der Waals surface area contributed by atoms with E-state index in [2.05, 4.69) is 22.9 Å². The minimum absolute atomic E-state index is 0.403. The van der Waals surface area contributed by atoms with E-state index in [9.17, 15) is 0 Å². The first-order valence-corrected chi connectivity index (χ1v) is 5.10. The van der Waals surface area contributed by atoms with Crippen LogP contribution in [-0.2, 0) is 4.74 Å². The van der Waals surface area contributed by atoms with E-state index in [0.29, 0.717) is 6.04 Å². The van der Waals surface area contributed by atoms with Gasteiger partial charge in [0.1, 0.15) is 0 Å². The van der Waals surface area contributed by atoms with Crippen molar-refractivity contribution >= 4 is 0 Å². The summed E-state index contributed by atoms with van der Waals surface area (Å²) in [4.78, 5) is 6.78. The van der Waals surface area contributed by atoms with Gasteiger partial charge in [0.15, 0.2) is 0 Å². The number of hydrogen-bond donors (Lipinski definition) is 0. The number of hydrogen-bond acceptors (Lipinski definition) is 3. The molecule has 1 aromatic heterocycles. The summed E-state index contributed by atoms with van der Waals surface area (Å²) < 4.78 is 5.32. The Balaban J connectivity index is 2.03. The molecular formula is C11H16N2O. The SMILES string of the molecule is C[C@@H](c1ccccn1)N1CCOCC1. The van der Waals surface area contributed by atoms with Crippen molar-refractivity contribution in [1.82, 2.24) is 9.88 Å². The summed E-state index contributed by atoms with van der Waals surface area (Å²) in [5.74, 6) is 0. The fourth-order valence-electron chi connectivity index (χ4n) is 1.77. The standard InChI is InChI=1S/C11H16N2O/c1-10(11-4-2-3-5-12-11)13-6-8-14-9-7-13/h2-5,10H,6-9H2,1H3/t10-/m0/s1. The van der Waals surface area contributed by atoms with Crippen molar-refractivity contribution in [2.75, 3.05) is 26.3 Å². The zero-order chi connectivity index (χ0) is 9.80. The fraction of sp³-hybridized carbons (Fsp3) is 0.545. The van der Waals surface area contributed by atoms with Crippen LogP contribution in [0.15, 0.2) is 24.4 Å². The van der Waals surface area contributed by atoms with Crippen molar-refractivity contribution < 1.29 is 4.74 Å². The first-order valence-electron chi connectivity index (χ1n) is 5.10. The largest absolute Gasteiger partial charge is 0.379 e. The van der Waals surface area contributed by atoms with E-state index >= 15 is 0 Å². The van der Waals surface area contributed by atoms with Crippen LogP contribution >= 0.6 is 0 Å². The quantitative estimate of drug-likeness (QED) is 0.709. The normalized spacial score (nSPS) is 20.6. The lowest BCUT2D eigenvalue weighted by atomic mass is 10.2. The third-order valence-corrected chi connectivity index (χ3v) is 2.71. The van der Waals surface area contributed by atoms with Crippen LogP contribution < -0.4 is 0 Å². The average Bonchev–Trinajstić information content (AvgIpc) is 2.30. The highest BCUT2D eigenvalue weighted by atomic mass is 16.5. The van der Waals surface area contributed by atoms with Gasteiger partial charge in [0.05, 0.1) is 18.9 Å². The number of morpholine rings is 1. The van der Waals surface area contributed by atoms with Gasteiger partial charge in [-0.3, -0.25) is 9.88 Å². The molecule has 0 spiro atoms. The van der Waals surface area contributed by atoms with Gasteiger partial charge in [-0.25, -0.2) is 0 Å². The van der Waals surface area contributed by atoms with Crippen LogP contribution in [0.4, 0.5) is 0 Å². The lowest BCUT2D eigenvalue weighted by Gasteiger charge is -2.31. The maximum Gasteiger partial charge on any atom is 0.0594 e. The number of ether oxygens (including phenoxy) is 1. The lowest BCUT2D eigenvalue weighted by Crippen LogP contribution is -2.38. The Bertz CT molecular complexity index is 270. The highest BCUT2D eigenvalue weighted by molar-refractivity contribution is 5.08. The molecule has 0 amide bonds. The zero-order valence-corrected chi connectivity index (χ0v) is 8.52. The average molecular weight is 192 g/mol. The number of nitrogens with zero attached hydrogens (tertiary/aromatic N) is 2. The smallest absolute Gasteiger partial charge is 0.0594 e. The van der Waals surface area contributed by atoms with Crippen molar-refractivity contribution in [3.05, 3.63) is 30.1 Å². The Morgan fingerprint density at radius 3 is 2.79 bits per heavy atom. The molecule has 1 saturated heterocycles. The van der Waals surface area contributed by atoms with Gasteiger partial charge < -0.3 is 4.74 Å². The third kappa shape index (κ3) is 2.11. The highest BCUT2D eigenvalue weighted by Gasteiger charge is 2.18. The summed E-state index contributed by atoms with van der Waals surface area (Å²) in [6.07, 6.45) is 1.85. The Morgan fingerprint density at radius 2 is 2.14 bits per heavy atom. The van der Waals surface area contributed by atoms with Crippen molar-refractivity contribution in [2.45, 2.75) is 13.0 Å². The summed E-state index contributed by atoms with van der Waals surface area (Å²) in [7, 11) is 0. The van der Waals surface area contributed by atoms with Gasteiger partial charge >= 0.3 is 0 Å². The molecule has 0 aliphatic carbocycles. The molecule has 0 N–H and O–H groups in total. The lowest BCUT2D eigenvalue weighted by molar-refractivity contribution is 0.0190. The highest BCUT2D eigenvalue weighted by Crippen LogP contribution is 2.18. The maximum absolute atomic E-state index is 5.32. The van der Waals surface area contributed by atoms with Crippen molar-refractivity contribution in [2.24, 2.45) is 0 Å². The van der Waals surface area contributed by atoms with Crippen LogP contribution in [0, 0.1) is 0 Å². The van der Waals surface area contributed by atoms with Crippen molar-refractivity contribution in [3.8, 4) is 0 Å². The van der Waals surface area contributed by atoms with E-state index in [1.54, 1.807) is 0 Å². The fourth-order valence-corrected chi connectivity index (χ4v) is 1.77. The number of pyridine rings is 1. The molecule has 0 bridgehead atoms. The van der Waals surface area contributed by atoms with E-state index in [0.717, 1.165) is 32.0 Å². The van der Waals surface area contributed by atoms with Crippen LogP contribution in [0.5, 0.6) is 0 Å². The van der Waals surface area contributed by atoms with Crippen LogP contribution in [0.2, 0.25) is 0 Å². The van der Waals surface area contributed by atoms with Gasteiger partial charge in [0, 0.05) is 25.3 Å². The van der Waals surface area contributed by atoms with Gasteiger partial charge in [-0.2, -0.15) is 0 Å². The molecular weight excluding hydrogens is 176 g/mol. The summed E-state index contributed by atoms with van der Waals surface area (Å²) in [6.45, 7) is 5.91. The van der Waals surface area contributed by atoms with E-state index in [1.165, 1.54) is 0 Å². The first-order chi connectivity index (χ1) is 6.88. The molecule has 1 aliphatic rings. The minimum atomic E-state index is 0.403. The topological polar surface area (TPSA) is 25.4 Å². The van der Waals surface area contributed by atoms with Crippen LogP contribution in [0.25, 0.3) is 0 Å². The Hall–Kier alpha value is -0.930. The van der Waals surface area contributed by atoms with E-state index in [-0.39, 0.29) is 0 Å². The van der Waals surface area contributed by atoms with E-state index in [1.807, 2.05) is 18.3 Å². The molecule has 0 radical (unpaired) electrons. The molecule has 2 heterocycles. The van der Waals surface area contributed by atoms with Crippen LogP contribution in [0.3, 0.4) is 0 Å². The van der Waals surface area contributed by atoms with Gasteiger partial charge in [0.2, 0.25) is 0 Å². The molecule has 1 fully saturated rings. The molecule has 0 saturated carbocycles. The monoisotopic (exact) mass is 192 g/mol. The summed E-state index contributed by atoms with van der Waals surface area (Å²) in [5.41, 5.74) is 1.15. The van der Waals surface area contributed by atoms with E-state index in [4.69, 9.17) is 4.74 Å². The Morgan fingerprint density at radius 1 is 1.36 bits per heavy atom. The second-order valence-corrected chi connectivity index (χ2v) is 3.58. The first kappa shape index (κ1) is 9.62. The summed E-state index contributed by atoms with van der Waals surface area (Å²) >= 11 is 0. The third-order valence-electron chi connectivity index (χ3n) is 2.71. The Labute approximate surface area is 84.7 Å². The second-order valence-electron chi connectivity index (χ2n) is 3.58. The molecule has 1 atom stereocenters. The van der Waals surface area contributed by atoms with Crippen LogP contribution in [-0.4, -0.2) is 36.2 Å². The maximum atomic E-state index is 5.32. The van der Waals surface area contributed by atoms with Gasteiger partial charge in [-0.05, 0) is 19.1 Å². The van der Waals surface area contributed by atoms with Crippen molar-refractivity contribution in [3.63, 3.8) is 0 Å². The Kier molecular flexibility index (Phi) is 3.11. The predicted octanol–water partition coefficient (Wildman–Crippen LogP) is 1.47. The van der Waals surface area contributed by atoms with Gasteiger partial charge in [0.25, 0.3) is 0 Å². The predicted molar refractivity (Wildman–Crippen MR) is 55.0 cm³/mol. The second kappa shape index (κ2) is 4.53. The molecule has 14 heavy (non-hydrogen) atoms. The summed E-state index contributed by atoms with van der Waals surface area (Å²) in [5, 5.41) is 0. The zero-order valence-electron chi connectivity index (χ0n) is 8.52. The molecule has 76 valence electrons. The molecule has 0 aromatic carbocycles. The number of aromatic nitrogens is 1. The molecule has 3 nitrogen and oxygen atoms in total. The molecule has 1 aliphatic heterocycles. The molecule has 3 heteroatoms. The van der Waals surface area contributed by atoms with Gasteiger partial charge in [-0.1, -0.05) is 6.07 Å². The van der Waals surface area contributed by atoms with Crippen molar-refractivity contribution in [1.29, 1.82) is 0 Å². The van der Waals surface area contributed by atoms with Crippen LogP contribution in [0.1, 0.15) is 18.7 Å².